The molecule has 1 aromatic carbocycles. The van der Waals surface area contributed by atoms with E-state index < -0.39 is 0 Å². The number of rotatable bonds is 6. The van der Waals surface area contributed by atoms with Crippen molar-refractivity contribution < 1.29 is 9.59 Å². The maximum absolute atomic E-state index is 12.9. The fraction of sp³-hybridized carbons (Fsp3) is 0.619. The van der Waals surface area contributed by atoms with Crippen molar-refractivity contribution in [2.24, 2.45) is 5.92 Å². The van der Waals surface area contributed by atoms with Gasteiger partial charge < -0.3 is 10.2 Å². The Morgan fingerprint density at radius 1 is 1.15 bits per heavy atom. The van der Waals surface area contributed by atoms with Crippen molar-refractivity contribution in [3.8, 4) is 0 Å². The van der Waals surface area contributed by atoms with Crippen LogP contribution < -0.4 is 5.32 Å². The Balaban J connectivity index is 1.51. The lowest BCUT2D eigenvalue weighted by molar-refractivity contribution is -0.138. The summed E-state index contributed by atoms with van der Waals surface area (Å²) in [5, 5.41) is 2.96. The van der Waals surface area contributed by atoms with E-state index in [4.69, 9.17) is 0 Å². The number of likely N-dealkylation sites (N-methyl/N-ethyl adjacent to an activating group) is 1. The first-order valence-corrected chi connectivity index (χ1v) is 11.2. The lowest BCUT2D eigenvalue weighted by atomic mass is 9.78. The number of likely N-dealkylation sites (tertiary alicyclic amines) is 1. The van der Waals surface area contributed by atoms with Gasteiger partial charge in [-0.15, -0.1) is 11.8 Å². The number of thioether (sulfide) groups is 1. The van der Waals surface area contributed by atoms with Gasteiger partial charge in [-0.3, -0.25) is 14.5 Å². The quantitative estimate of drug-likeness (QED) is 0.757. The van der Waals surface area contributed by atoms with Crippen molar-refractivity contribution >= 4 is 29.3 Å². The average molecular weight is 390 g/mol. The van der Waals surface area contributed by atoms with Crippen LogP contribution in [0.2, 0.25) is 0 Å². The molecule has 2 fully saturated rings. The van der Waals surface area contributed by atoms with Gasteiger partial charge in [0.05, 0.1) is 18.8 Å². The fourth-order valence-electron chi connectivity index (χ4n) is 4.49. The summed E-state index contributed by atoms with van der Waals surface area (Å²) >= 11 is 1.61. The highest BCUT2D eigenvalue weighted by molar-refractivity contribution is 7.98. The Kier molecular flexibility index (Phi) is 7.19. The third kappa shape index (κ3) is 5.26. The van der Waals surface area contributed by atoms with Gasteiger partial charge in [0.1, 0.15) is 0 Å². The van der Waals surface area contributed by atoms with E-state index in [1.54, 1.807) is 11.8 Å². The Morgan fingerprint density at radius 3 is 2.70 bits per heavy atom. The van der Waals surface area contributed by atoms with E-state index in [0.717, 1.165) is 30.0 Å². The van der Waals surface area contributed by atoms with Gasteiger partial charge in [-0.2, -0.15) is 0 Å². The first-order valence-electron chi connectivity index (χ1n) is 9.99. The molecule has 0 bridgehead atoms. The minimum atomic E-state index is -0.0824. The zero-order valence-corrected chi connectivity index (χ0v) is 17.3. The van der Waals surface area contributed by atoms with Gasteiger partial charge in [0.2, 0.25) is 11.8 Å². The average Bonchev–Trinajstić information content (AvgIpc) is 2.67. The highest BCUT2D eigenvalue weighted by Gasteiger charge is 2.35. The lowest BCUT2D eigenvalue weighted by Gasteiger charge is -2.44. The fourth-order valence-corrected chi connectivity index (χ4v) is 5.05. The van der Waals surface area contributed by atoms with Crippen LogP contribution in [-0.4, -0.2) is 60.6 Å². The van der Waals surface area contributed by atoms with Crippen LogP contribution in [0.15, 0.2) is 29.2 Å². The number of hydrogen-bond acceptors (Lipinski definition) is 4. The predicted molar refractivity (Wildman–Crippen MR) is 111 cm³/mol. The molecule has 0 unspecified atom stereocenters. The minimum Gasteiger partial charge on any atom is -0.338 e. The number of nitrogens with zero attached hydrogens (tertiary/aromatic N) is 2. The molecule has 0 radical (unpaired) electrons. The van der Waals surface area contributed by atoms with Crippen molar-refractivity contribution in [2.45, 2.75) is 49.5 Å². The van der Waals surface area contributed by atoms with Crippen LogP contribution in [-0.2, 0) is 9.59 Å². The molecule has 1 N–H and O–H groups in total. The Labute approximate surface area is 166 Å². The maximum atomic E-state index is 12.9. The summed E-state index contributed by atoms with van der Waals surface area (Å²) in [6, 6.07) is 8.20. The molecule has 2 atom stereocenters. The van der Waals surface area contributed by atoms with Gasteiger partial charge >= 0.3 is 0 Å². The van der Waals surface area contributed by atoms with Crippen LogP contribution >= 0.6 is 11.8 Å². The van der Waals surface area contributed by atoms with Gasteiger partial charge in [-0.25, -0.2) is 0 Å². The van der Waals surface area contributed by atoms with E-state index >= 15 is 0 Å². The molecule has 0 aromatic heterocycles. The molecule has 1 aliphatic heterocycles. The van der Waals surface area contributed by atoms with Crippen LogP contribution in [0.5, 0.6) is 0 Å². The lowest BCUT2D eigenvalue weighted by Crippen LogP contribution is -2.52. The summed E-state index contributed by atoms with van der Waals surface area (Å²) in [4.78, 5) is 30.2. The van der Waals surface area contributed by atoms with E-state index in [1.807, 2.05) is 42.5 Å². The summed E-state index contributed by atoms with van der Waals surface area (Å²) in [6.45, 7) is 1.40. The molecule has 27 heavy (non-hydrogen) atoms. The monoisotopic (exact) mass is 389 g/mol. The molecule has 6 heteroatoms. The molecular formula is C21H31N3O2S. The number of carbonyl (C=O) groups is 2. The molecule has 2 aliphatic rings. The molecule has 1 saturated carbocycles. The maximum Gasteiger partial charge on any atom is 0.238 e. The summed E-state index contributed by atoms with van der Waals surface area (Å²) in [5.74, 6) is 0.778. The van der Waals surface area contributed by atoms with Crippen LogP contribution in [0.25, 0.3) is 0 Å². The molecule has 5 nitrogen and oxygen atoms in total. The summed E-state index contributed by atoms with van der Waals surface area (Å²) in [5.41, 5.74) is 0.829. The molecule has 0 spiro atoms. The number of amides is 2. The Hall–Kier alpha value is -1.53. The molecule has 1 saturated heterocycles. The Bertz CT molecular complexity index is 665. The van der Waals surface area contributed by atoms with Gasteiger partial charge in [0, 0.05) is 17.5 Å². The van der Waals surface area contributed by atoms with Gasteiger partial charge in [-0.05, 0) is 57.0 Å². The number of fused-ring (bicyclic) bond motifs is 1. The highest BCUT2D eigenvalue weighted by atomic mass is 32.2. The molecule has 2 amide bonds. The highest BCUT2D eigenvalue weighted by Crippen LogP contribution is 2.35. The standard InChI is InChI=1S/C21H31N3O2S/c1-23(14-20(25)22-17-10-4-6-12-19(17)27-2)15-21(26)24-13-7-9-16-8-3-5-11-18(16)24/h4,6,10,12,16,18H,3,5,7-9,11,13-15H2,1-2H3,(H,22,25)/t16-,18+/m1/s1. The number of piperidine rings is 1. The minimum absolute atomic E-state index is 0.0824. The van der Waals surface area contributed by atoms with Crippen LogP contribution in [0.3, 0.4) is 0 Å². The summed E-state index contributed by atoms with van der Waals surface area (Å²) < 4.78 is 0. The Morgan fingerprint density at radius 2 is 1.89 bits per heavy atom. The van der Waals surface area contributed by atoms with E-state index in [1.165, 1.54) is 25.7 Å². The number of carbonyl (C=O) groups excluding carboxylic acids is 2. The van der Waals surface area contributed by atoms with Crippen molar-refractivity contribution in [2.75, 3.05) is 38.3 Å². The normalized spacial score (nSPS) is 22.4. The molecule has 1 aliphatic carbocycles. The second-order valence-corrected chi connectivity index (χ2v) is 8.61. The predicted octanol–water partition coefficient (Wildman–Crippen LogP) is 3.46. The molecular weight excluding hydrogens is 358 g/mol. The second kappa shape index (κ2) is 9.60. The van der Waals surface area contributed by atoms with E-state index in [0.29, 0.717) is 18.5 Å². The zero-order chi connectivity index (χ0) is 19.2. The summed E-state index contributed by atoms with van der Waals surface area (Å²) in [6.07, 6.45) is 9.32. The number of para-hydroxylation sites is 1. The largest absolute Gasteiger partial charge is 0.338 e. The van der Waals surface area contributed by atoms with E-state index in [-0.39, 0.29) is 18.4 Å². The number of benzene rings is 1. The van der Waals surface area contributed by atoms with Gasteiger partial charge in [0.25, 0.3) is 0 Å². The van der Waals surface area contributed by atoms with Crippen LogP contribution in [0.4, 0.5) is 5.69 Å². The second-order valence-electron chi connectivity index (χ2n) is 7.76. The zero-order valence-electron chi connectivity index (χ0n) is 16.4. The number of nitrogens with one attached hydrogen (secondary N) is 1. The molecule has 1 heterocycles. The van der Waals surface area contributed by atoms with E-state index in [2.05, 4.69) is 10.2 Å². The number of anilines is 1. The van der Waals surface area contributed by atoms with Crippen LogP contribution in [0, 0.1) is 5.92 Å². The van der Waals surface area contributed by atoms with Crippen molar-refractivity contribution in [1.29, 1.82) is 0 Å². The first-order chi connectivity index (χ1) is 13.1. The SMILES string of the molecule is CSc1ccccc1NC(=O)CN(C)CC(=O)N1CCC[C@H]2CCCC[C@@H]21. The first kappa shape index (κ1) is 20.2. The van der Waals surface area contributed by atoms with Gasteiger partial charge in [0.15, 0.2) is 0 Å². The molecule has 1 aromatic rings. The summed E-state index contributed by atoms with van der Waals surface area (Å²) in [7, 11) is 1.85. The third-order valence-corrected chi connectivity index (χ3v) is 6.56. The van der Waals surface area contributed by atoms with Gasteiger partial charge in [-0.1, -0.05) is 25.0 Å². The smallest absolute Gasteiger partial charge is 0.238 e. The molecule has 3 rings (SSSR count). The van der Waals surface area contributed by atoms with Crippen molar-refractivity contribution in [1.82, 2.24) is 9.80 Å². The van der Waals surface area contributed by atoms with Crippen LogP contribution in [0.1, 0.15) is 38.5 Å². The van der Waals surface area contributed by atoms with Crippen molar-refractivity contribution in [3.63, 3.8) is 0 Å². The molecule has 148 valence electrons. The topological polar surface area (TPSA) is 52.7 Å². The third-order valence-electron chi connectivity index (χ3n) is 5.76. The van der Waals surface area contributed by atoms with E-state index in [9.17, 15) is 9.59 Å². The van der Waals surface area contributed by atoms with Crippen molar-refractivity contribution in [3.05, 3.63) is 24.3 Å². The number of hydrogen-bond donors (Lipinski definition) is 1.